The van der Waals surface area contributed by atoms with Gasteiger partial charge in [-0.05, 0) is 6.42 Å². The maximum absolute atomic E-state index is 11.1. The summed E-state index contributed by atoms with van der Waals surface area (Å²) in [5.74, 6) is -0.652. The molecule has 0 aliphatic rings. The second-order valence-electron chi connectivity index (χ2n) is 2.42. The SMILES string of the molecule is CCCOC(=O)c1nccc(=O)[nH]1. The summed E-state index contributed by atoms with van der Waals surface area (Å²) in [6.45, 7) is 2.21. The van der Waals surface area contributed by atoms with Gasteiger partial charge in [0.1, 0.15) is 0 Å². The topological polar surface area (TPSA) is 72.0 Å². The zero-order chi connectivity index (χ0) is 9.68. The van der Waals surface area contributed by atoms with E-state index < -0.39 is 5.97 Å². The van der Waals surface area contributed by atoms with Gasteiger partial charge in [0, 0.05) is 12.3 Å². The zero-order valence-electron chi connectivity index (χ0n) is 7.24. The Morgan fingerprint density at radius 2 is 2.46 bits per heavy atom. The van der Waals surface area contributed by atoms with Gasteiger partial charge in [-0.25, -0.2) is 9.78 Å². The van der Waals surface area contributed by atoms with Crippen molar-refractivity contribution in [3.63, 3.8) is 0 Å². The molecule has 5 heteroatoms. The third-order valence-corrected chi connectivity index (χ3v) is 1.30. The zero-order valence-corrected chi connectivity index (χ0v) is 7.24. The highest BCUT2D eigenvalue weighted by molar-refractivity contribution is 5.84. The van der Waals surface area contributed by atoms with Gasteiger partial charge in [0.15, 0.2) is 0 Å². The van der Waals surface area contributed by atoms with Gasteiger partial charge >= 0.3 is 5.97 Å². The highest BCUT2D eigenvalue weighted by atomic mass is 16.5. The van der Waals surface area contributed by atoms with Gasteiger partial charge in [0.05, 0.1) is 6.61 Å². The maximum Gasteiger partial charge on any atom is 0.374 e. The molecular weight excluding hydrogens is 172 g/mol. The molecule has 0 radical (unpaired) electrons. The van der Waals surface area contributed by atoms with E-state index in [1.807, 2.05) is 6.92 Å². The Hall–Kier alpha value is -1.65. The number of H-pyrrole nitrogens is 1. The molecule has 0 aromatic carbocycles. The van der Waals surface area contributed by atoms with Crippen LogP contribution < -0.4 is 5.56 Å². The van der Waals surface area contributed by atoms with Crippen LogP contribution in [0.1, 0.15) is 24.0 Å². The van der Waals surface area contributed by atoms with E-state index in [9.17, 15) is 9.59 Å². The van der Waals surface area contributed by atoms with Crippen molar-refractivity contribution in [3.8, 4) is 0 Å². The molecule has 0 atom stereocenters. The number of ether oxygens (including phenoxy) is 1. The number of rotatable bonds is 3. The van der Waals surface area contributed by atoms with Gasteiger partial charge in [-0.3, -0.25) is 4.79 Å². The molecule has 1 rings (SSSR count). The summed E-state index contributed by atoms with van der Waals surface area (Å²) in [5, 5.41) is 0. The van der Waals surface area contributed by atoms with Crippen LogP contribution in [0.4, 0.5) is 0 Å². The largest absolute Gasteiger partial charge is 0.460 e. The minimum absolute atomic E-state index is 0.0547. The van der Waals surface area contributed by atoms with Crippen LogP contribution in [0.5, 0.6) is 0 Å². The minimum Gasteiger partial charge on any atom is -0.460 e. The molecule has 1 aromatic heterocycles. The Morgan fingerprint density at radius 3 is 3.08 bits per heavy atom. The summed E-state index contributed by atoms with van der Waals surface area (Å²) >= 11 is 0. The van der Waals surface area contributed by atoms with Crippen molar-refractivity contribution in [2.24, 2.45) is 0 Å². The van der Waals surface area contributed by atoms with Gasteiger partial charge in [0.2, 0.25) is 5.82 Å². The van der Waals surface area contributed by atoms with Crippen LogP contribution >= 0.6 is 0 Å². The third-order valence-electron chi connectivity index (χ3n) is 1.30. The number of aromatic nitrogens is 2. The number of esters is 1. The van der Waals surface area contributed by atoms with Crippen molar-refractivity contribution >= 4 is 5.97 Å². The molecule has 0 saturated heterocycles. The van der Waals surface area contributed by atoms with Crippen LogP contribution in [0.25, 0.3) is 0 Å². The maximum atomic E-state index is 11.1. The first-order chi connectivity index (χ1) is 6.24. The molecule has 0 amide bonds. The van der Waals surface area contributed by atoms with Crippen LogP contribution in [0.15, 0.2) is 17.1 Å². The van der Waals surface area contributed by atoms with Crippen molar-refractivity contribution in [1.29, 1.82) is 0 Å². The van der Waals surface area contributed by atoms with E-state index in [4.69, 9.17) is 4.74 Å². The second-order valence-corrected chi connectivity index (χ2v) is 2.42. The number of carbonyl (C=O) groups is 1. The normalized spacial score (nSPS) is 9.62. The Bertz CT molecular complexity index is 345. The minimum atomic E-state index is -0.598. The van der Waals surface area contributed by atoms with Gasteiger partial charge in [-0.1, -0.05) is 6.92 Å². The lowest BCUT2D eigenvalue weighted by molar-refractivity contribution is 0.0490. The smallest absolute Gasteiger partial charge is 0.374 e. The standard InChI is InChI=1S/C8H10N2O3/c1-2-5-13-8(12)7-9-4-3-6(11)10-7/h3-4H,2,5H2,1H3,(H,9,10,11). The number of carbonyl (C=O) groups excluding carboxylic acids is 1. The summed E-state index contributed by atoms with van der Waals surface area (Å²) in [4.78, 5) is 27.8. The van der Waals surface area contributed by atoms with Crippen molar-refractivity contribution in [1.82, 2.24) is 9.97 Å². The highest BCUT2D eigenvalue weighted by Gasteiger charge is 2.07. The predicted octanol–water partition coefficient (Wildman–Crippen LogP) is 0.337. The van der Waals surface area contributed by atoms with E-state index in [-0.39, 0.29) is 11.4 Å². The fraction of sp³-hybridized carbons (Fsp3) is 0.375. The number of nitrogens with one attached hydrogen (secondary N) is 1. The van der Waals surface area contributed by atoms with Crippen LogP contribution in [-0.4, -0.2) is 22.5 Å². The molecular formula is C8H10N2O3. The first-order valence-electron chi connectivity index (χ1n) is 3.96. The lowest BCUT2D eigenvalue weighted by Gasteiger charge is -2.00. The monoisotopic (exact) mass is 182 g/mol. The molecule has 0 aliphatic carbocycles. The molecule has 1 N–H and O–H groups in total. The Morgan fingerprint density at radius 1 is 1.69 bits per heavy atom. The molecule has 70 valence electrons. The lowest BCUT2D eigenvalue weighted by atomic mass is 10.5. The summed E-state index contributed by atoms with van der Waals surface area (Å²) in [6, 6.07) is 1.23. The van der Waals surface area contributed by atoms with Crippen molar-refractivity contribution in [3.05, 3.63) is 28.4 Å². The number of hydrogen-bond acceptors (Lipinski definition) is 4. The summed E-state index contributed by atoms with van der Waals surface area (Å²) in [7, 11) is 0. The predicted molar refractivity (Wildman–Crippen MR) is 45.4 cm³/mol. The molecule has 0 unspecified atom stereocenters. The molecule has 5 nitrogen and oxygen atoms in total. The average Bonchev–Trinajstić information content (AvgIpc) is 2.14. The fourth-order valence-electron chi connectivity index (χ4n) is 0.737. The lowest BCUT2D eigenvalue weighted by Crippen LogP contribution is -2.16. The molecule has 0 fully saturated rings. The quantitative estimate of drug-likeness (QED) is 0.684. The highest BCUT2D eigenvalue weighted by Crippen LogP contribution is 1.90. The molecule has 0 saturated carbocycles. The van der Waals surface area contributed by atoms with E-state index >= 15 is 0 Å². The van der Waals surface area contributed by atoms with Crippen molar-refractivity contribution < 1.29 is 9.53 Å². The second kappa shape index (κ2) is 4.39. The van der Waals surface area contributed by atoms with E-state index in [1.165, 1.54) is 12.3 Å². The molecule has 0 aliphatic heterocycles. The molecule has 0 spiro atoms. The Balaban J connectivity index is 2.71. The first kappa shape index (κ1) is 9.44. The van der Waals surface area contributed by atoms with E-state index in [2.05, 4.69) is 9.97 Å². The Labute approximate surface area is 74.8 Å². The number of hydrogen-bond donors (Lipinski definition) is 1. The van der Waals surface area contributed by atoms with Crippen LogP contribution in [0.3, 0.4) is 0 Å². The number of aromatic amines is 1. The van der Waals surface area contributed by atoms with Crippen LogP contribution in [0.2, 0.25) is 0 Å². The van der Waals surface area contributed by atoms with Crippen LogP contribution in [0, 0.1) is 0 Å². The molecule has 1 heterocycles. The summed E-state index contributed by atoms with van der Waals surface area (Å²) < 4.78 is 4.76. The average molecular weight is 182 g/mol. The Kier molecular flexibility index (Phi) is 3.19. The summed E-state index contributed by atoms with van der Waals surface area (Å²) in [6.07, 6.45) is 2.00. The van der Waals surface area contributed by atoms with Gasteiger partial charge in [-0.2, -0.15) is 0 Å². The van der Waals surface area contributed by atoms with Gasteiger partial charge < -0.3 is 9.72 Å². The van der Waals surface area contributed by atoms with Gasteiger partial charge in [-0.15, -0.1) is 0 Å². The molecule has 0 bridgehead atoms. The summed E-state index contributed by atoms with van der Waals surface area (Å²) in [5.41, 5.74) is -0.363. The van der Waals surface area contributed by atoms with E-state index in [1.54, 1.807) is 0 Å². The molecule has 1 aromatic rings. The first-order valence-corrected chi connectivity index (χ1v) is 3.96. The van der Waals surface area contributed by atoms with Crippen LogP contribution in [-0.2, 0) is 4.74 Å². The van der Waals surface area contributed by atoms with E-state index in [0.29, 0.717) is 6.61 Å². The van der Waals surface area contributed by atoms with E-state index in [0.717, 1.165) is 6.42 Å². The van der Waals surface area contributed by atoms with Gasteiger partial charge in [0.25, 0.3) is 5.56 Å². The number of nitrogens with zero attached hydrogens (tertiary/aromatic N) is 1. The fourth-order valence-corrected chi connectivity index (χ4v) is 0.737. The van der Waals surface area contributed by atoms with Crippen molar-refractivity contribution in [2.45, 2.75) is 13.3 Å². The third kappa shape index (κ3) is 2.70. The van der Waals surface area contributed by atoms with Crippen molar-refractivity contribution in [2.75, 3.05) is 6.61 Å². The molecule has 13 heavy (non-hydrogen) atoms.